The van der Waals surface area contributed by atoms with Crippen LogP contribution in [-0.4, -0.2) is 10.9 Å². The van der Waals surface area contributed by atoms with Gasteiger partial charge < -0.3 is 5.32 Å². The lowest BCUT2D eigenvalue weighted by Crippen LogP contribution is -2.28. The molecule has 0 aliphatic rings. The molecule has 2 rings (SSSR count). The summed E-state index contributed by atoms with van der Waals surface area (Å²) in [5.41, 5.74) is 3.11. The van der Waals surface area contributed by atoms with Gasteiger partial charge in [0.15, 0.2) is 0 Å². The molecule has 1 aromatic carbocycles. The number of benzene rings is 1. The maximum absolute atomic E-state index is 11.9. The van der Waals surface area contributed by atoms with E-state index in [2.05, 4.69) is 10.3 Å². The summed E-state index contributed by atoms with van der Waals surface area (Å²) in [6.07, 6.45) is 0.802. The van der Waals surface area contributed by atoms with Crippen LogP contribution >= 0.6 is 22.9 Å². The highest BCUT2D eigenvalue weighted by Crippen LogP contribution is 2.20. The highest BCUT2D eigenvalue weighted by molar-refractivity contribution is 7.07. The topological polar surface area (TPSA) is 42.0 Å². The molecule has 0 spiro atoms. The Kier molecular flexibility index (Phi) is 4.33. The van der Waals surface area contributed by atoms with E-state index in [1.807, 2.05) is 31.2 Å². The smallest absolute Gasteiger partial charge is 0.271 e. The molecule has 0 bridgehead atoms. The van der Waals surface area contributed by atoms with Gasteiger partial charge in [-0.2, -0.15) is 0 Å². The molecule has 1 N–H and O–H groups in total. The molecule has 3 nitrogen and oxygen atoms in total. The fraction of sp³-hybridized carbons (Fsp3) is 0.231. The summed E-state index contributed by atoms with van der Waals surface area (Å²) in [4.78, 5) is 15.9. The Morgan fingerprint density at radius 1 is 1.56 bits per heavy atom. The lowest BCUT2D eigenvalue weighted by molar-refractivity contribution is 0.0931. The Hall–Kier alpha value is -1.39. The largest absolute Gasteiger partial charge is 0.344 e. The van der Waals surface area contributed by atoms with Gasteiger partial charge in [0, 0.05) is 10.4 Å². The molecule has 1 heterocycles. The summed E-state index contributed by atoms with van der Waals surface area (Å²) in [5, 5.41) is 5.37. The molecule has 0 aliphatic carbocycles. The molecule has 0 saturated heterocycles. The summed E-state index contributed by atoms with van der Waals surface area (Å²) in [7, 11) is 0. The van der Waals surface area contributed by atoms with E-state index >= 15 is 0 Å². The maximum atomic E-state index is 11.9. The number of thiazole rings is 1. The Labute approximate surface area is 115 Å². The number of halogens is 1. The van der Waals surface area contributed by atoms with E-state index in [1.54, 1.807) is 10.9 Å². The first-order chi connectivity index (χ1) is 8.70. The van der Waals surface area contributed by atoms with Crippen molar-refractivity contribution in [2.75, 3.05) is 0 Å². The van der Waals surface area contributed by atoms with Crippen molar-refractivity contribution in [2.45, 2.75) is 19.4 Å². The Balaban J connectivity index is 2.13. The number of rotatable bonds is 4. The lowest BCUT2D eigenvalue weighted by atomic mass is 10.0. The van der Waals surface area contributed by atoms with E-state index in [-0.39, 0.29) is 11.9 Å². The predicted octanol–water partition coefficient (Wildman–Crippen LogP) is 3.68. The predicted molar refractivity (Wildman–Crippen MR) is 74.1 cm³/mol. The van der Waals surface area contributed by atoms with Crippen molar-refractivity contribution in [1.29, 1.82) is 0 Å². The number of aromatic nitrogens is 1. The highest BCUT2D eigenvalue weighted by atomic mass is 35.5. The highest BCUT2D eigenvalue weighted by Gasteiger charge is 2.15. The van der Waals surface area contributed by atoms with Gasteiger partial charge in [-0.3, -0.25) is 4.79 Å². The van der Waals surface area contributed by atoms with E-state index in [1.165, 1.54) is 11.3 Å². The van der Waals surface area contributed by atoms with Gasteiger partial charge in [0.2, 0.25) is 0 Å². The van der Waals surface area contributed by atoms with Gasteiger partial charge in [-0.25, -0.2) is 4.98 Å². The molecule has 1 atom stereocenters. The molecule has 94 valence electrons. The molecule has 2 aromatic rings. The minimum absolute atomic E-state index is 0.0436. The van der Waals surface area contributed by atoms with Gasteiger partial charge in [-0.15, -0.1) is 11.3 Å². The fourth-order valence-electron chi connectivity index (χ4n) is 1.70. The Morgan fingerprint density at radius 3 is 3.00 bits per heavy atom. The van der Waals surface area contributed by atoms with Crippen molar-refractivity contribution in [3.8, 4) is 0 Å². The molecule has 1 unspecified atom stereocenters. The number of amides is 1. The second-order valence-corrected chi connectivity index (χ2v) is 5.02. The van der Waals surface area contributed by atoms with E-state index in [9.17, 15) is 4.79 Å². The van der Waals surface area contributed by atoms with Crippen LogP contribution in [-0.2, 0) is 0 Å². The van der Waals surface area contributed by atoms with Gasteiger partial charge in [-0.05, 0) is 24.1 Å². The molecule has 0 fully saturated rings. The number of hydrogen-bond donors (Lipinski definition) is 1. The molecule has 18 heavy (non-hydrogen) atoms. The summed E-state index contributed by atoms with van der Waals surface area (Å²) < 4.78 is 0. The van der Waals surface area contributed by atoms with Gasteiger partial charge in [0.05, 0.1) is 11.6 Å². The van der Waals surface area contributed by atoms with Crippen LogP contribution in [0.2, 0.25) is 5.02 Å². The summed E-state index contributed by atoms with van der Waals surface area (Å²) in [6.45, 7) is 2.02. The zero-order valence-corrected chi connectivity index (χ0v) is 11.5. The van der Waals surface area contributed by atoms with E-state index in [0.29, 0.717) is 10.7 Å². The third kappa shape index (κ3) is 3.09. The van der Waals surface area contributed by atoms with Gasteiger partial charge in [0.25, 0.3) is 5.91 Å². The van der Waals surface area contributed by atoms with Crippen LogP contribution in [0.4, 0.5) is 0 Å². The average Bonchev–Trinajstić information content (AvgIpc) is 2.89. The third-order valence-electron chi connectivity index (χ3n) is 2.63. The SMILES string of the molecule is CCC(NC(=O)c1cscn1)c1cccc(Cl)c1. The van der Waals surface area contributed by atoms with Crippen LogP contribution in [0.25, 0.3) is 0 Å². The van der Waals surface area contributed by atoms with Crippen molar-refractivity contribution in [2.24, 2.45) is 0 Å². The van der Waals surface area contributed by atoms with E-state index in [0.717, 1.165) is 12.0 Å². The van der Waals surface area contributed by atoms with Crippen LogP contribution in [0.3, 0.4) is 0 Å². The van der Waals surface area contributed by atoms with Crippen molar-refractivity contribution in [3.05, 3.63) is 51.4 Å². The van der Waals surface area contributed by atoms with Crippen LogP contribution < -0.4 is 5.32 Å². The van der Waals surface area contributed by atoms with Gasteiger partial charge in [-0.1, -0.05) is 30.7 Å². The Bertz CT molecular complexity index is 528. The van der Waals surface area contributed by atoms with Gasteiger partial charge >= 0.3 is 0 Å². The fourth-order valence-corrected chi connectivity index (χ4v) is 2.43. The molecular weight excluding hydrogens is 268 g/mol. The maximum Gasteiger partial charge on any atom is 0.271 e. The summed E-state index contributed by atoms with van der Waals surface area (Å²) in [5.74, 6) is -0.150. The van der Waals surface area contributed by atoms with Crippen molar-refractivity contribution in [1.82, 2.24) is 10.3 Å². The number of carbonyl (C=O) groups excluding carboxylic acids is 1. The molecule has 5 heteroatoms. The molecule has 1 amide bonds. The van der Waals surface area contributed by atoms with Crippen molar-refractivity contribution >= 4 is 28.8 Å². The minimum Gasteiger partial charge on any atom is -0.344 e. The Morgan fingerprint density at radius 2 is 2.39 bits per heavy atom. The molecule has 1 aromatic heterocycles. The molecular formula is C13H13ClN2OS. The first kappa shape index (κ1) is 13.1. The van der Waals surface area contributed by atoms with Crippen molar-refractivity contribution < 1.29 is 4.79 Å². The molecule has 0 radical (unpaired) electrons. The quantitative estimate of drug-likeness (QED) is 0.928. The average molecular weight is 281 g/mol. The second kappa shape index (κ2) is 5.98. The zero-order chi connectivity index (χ0) is 13.0. The number of carbonyl (C=O) groups is 1. The first-order valence-corrected chi connectivity index (χ1v) is 6.97. The lowest BCUT2D eigenvalue weighted by Gasteiger charge is -2.17. The number of nitrogens with zero attached hydrogens (tertiary/aromatic N) is 1. The number of nitrogens with one attached hydrogen (secondary N) is 1. The van der Waals surface area contributed by atoms with Crippen LogP contribution in [0.5, 0.6) is 0 Å². The second-order valence-electron chi connectivity index (χ2n) is 3.86. The summed E-state index contributed by atoms with van der Waals surface area (Å²) >= 11 is 7.37. The molecule has 0 aliphatic heterocycles. The first-order valence-electron chi connectivity index (χ1n) is 5.65. The van der Waals surface area contributed by atoms with E-state index < -0.39 is 0 Å². The minimum atomic E-state index is -0.150. The summed E-state index contributed by atoms with van der Waals surface area (Å²) in [6, 6.07) is 7.49. The van der Waals surface area contributed by atoms with Crippen LogP contribution in [0.15, 0.2) is 35.2 Å². The van der Waals surface area contributed by atoms with Crippen molar-refractivity contribution in [3.63, 3.8) is 0 Å². The van der Waals surface area contributed by atoms with Crippen LogP contribution in [0, 0.1) is 0 Å². The van der Waals surface area contributed by atoms with Crippen LogP contribution in [0.1, 0.15) is 35.4 Å². The third-order valence-corrected chi connectivity index (χ3v) is 3.45. The number of hydrogen-bond acceptors (Lipinski definition) is 3. The monoisotopic (exact) mass is 280 g/mol. The molecule has 0 saturated carbocycles. The normalized spacial score (nSPS) is 12.1. The standard InChI is InChI=1S/C13H13ClN2OS/c1-2-11(9-4-3-5-10(14)6-9)16-13(17)12-7-18-8-15-12/h3-8,11H,2H2,1H3,(H,16,17). The zero-order valence-electron chi connectivity index (χ0n) is 9.89. The van der Waals surface area contributed by atoms with Gasteiger partial charge in [0.1, 0.15) is 5.69 Å². The van der Waals surface area contributed by atoms with E-state index in [4.69, 9.17) is 11.6 Å².